The van der Waals surface area contributed by atoms with Gasteiger partial charge in [0, 0.05) is 30.5 Å². The minimum Gasteiger partial charge on any atom is -0.352 e. The van der Waals surface area contributed by atoms with E-state index in [1.54, 1.807) is 4.90 Å². The number of hydrogen-bond donors (Lipinski definition) is 1. The van der Waals surface area contributed by atoms with Crippen molar-refractivity contribution in [3.8, 4) is 0 Å². The summed E-state index contributed by atoms with van der Waals surface area (Å²) in [6, 6.07) is 26.7. The Morgan fingerprint density at radius 3 is 2.12 bits per heavy atom. The molecule has 5 heteroatoms. The van der Waals surface area contributed by atoms with E-state index in [4.69, 9.17) is 11.6 Å². The predicted octanol–water partition coefficient (Wildman–Crippen LogP) is 5.83. The summed E-state index contributed by atoms with van der Waals surface area (Å²) in [6.45, 7) is 4.33. The van der Waals surface area contributed by atoms with Crippen molar-refractivity contribution in [1.82, 2.24) is 10.2 Å². The monoisotopic (exact) mass is 476 g/mol. The third-order valence-electron chi connectivity index (χ3n) is 5.98. The minimum absolute atomic E-state index is 0.0261. The van der Waals surface area contributed by atoms with Crippen LogP contribution in [0.15, 0.2) is 84.9 Å². The molecule has 0 aromatic heterocycles. The highest BCUT2D eigenvalue weighted by atomic mass is 35.5. The van der Waals surface area contributed by atoms with E-state index < -0.39 is 6.04 Å². The van der Waals surface area contributed by atoms with Crippen LogP contribution in [-0.4, -0.2) is 28.8 Å². The number of amides is 2. The molecule has 1 N–H and O–H groups in total. The first-order valence-corrected chi connectivity index (χ1v) is 12.3. The normalized spacial score (nSPS) is 12.6. The SMILES string of the molecule is CC[C@@H](C)NC(=O)[C@@H](Cc1ccccc1)N(Cc1cccc(Cl)c1)C(=O)CCc1ccccc1. The molecule has 0 aliphatic carbocycles. The van der Waals surface area contributed by atoms with Crippen LogP contribution < -0.4 is 5.32 Å². The zero-order valence-electron chi connectivity index (χ0n) is 19.9. The molecule has 3 aromatic rings. The number of carbonyl (C=O) groups is 2. The number of carbonyl (C=O) groups excluding carboxylic acids is 2. The summed E-state index contributed by atoms with van der Waals surface area (Å²) < 4.78 is 0. The van der Waals surface area contributed by atoms with E-state index in [0.29, 0.717) is 30.8 Å². The largest absolute Gasteiger partial charge is 0.352 e. The van der Waals surface area contributed by atoms with Crippen LogP contribution in [0.4, 0.5) is 0 Å². The Morgan fingerprint density at radius 1 is 0.882 bits per heavy atom. The number of hydrogen-bond acceptors (Lipinski definition) is 2. The molecule has 2 amide bonds. The van der Waals surface area contributed by atoms with Crippen molar-refractivity contribution in [1.29, 1.82) is 0 Å². The highest BCUT2D eigenvalue weighted by Gasteiger charge is 2.30. The molecule has 0 aliphatic rings. The average molecular weight is 477 g/mol. The summed E-state index contributed by atoms with van der Waals surface area (Å²) in [5, 5.41) is 3.71. The lowest BCUT2D eigenvalue weighted by atomic mass is 10.0. The van der Waals surface area contributed by atoms with Crippen molar-refractivity contribution >= 4 is 23.4 Å². The maximum absolute atomic E-state index is 13.6. The lowest BCUT2D eigenvalue weighted by Gasteiger charge is -2.32. The van der Waals surface area contributed by atoms with E-state index in [9.17, 15) is 9.59 Å². The van der Waals surface area contributed by atoms with Crippen LogP contribution in [0, 0.1) is 0 Å². The van der Waals surface area contributed by atoms with Crippen LogP contribution in [0.2, 0.25) is 5.02 Å². The Hall–Kier alpha value is -3.11. The van der Waals surface area contributed by atoms with Crippen LogP contribution in [0.1, 0.15) is 43.4 Å². The second-order valence-corrected chi connectivity index (χ2v) is 9.10. The Labute approximate surface area is 207 Å². The summed E-state index contributed by atoms with van der Waals surface area (Å²) in [5.41, 5.74) is 3.01. The first-order chi connectivity index (χ1) is 16.5. The molecule has 0 heterocycles. The third-order valence-corrected chi connectivity index (χ3v) is 6.22. The molecule has 0 saturated heterocycles. The number of halogens is 1. The van der Waals surface area contributed by atoms with Gasteiger partial charge in [-0.05, 0) is 48.6 Å². The maximum Gasteiger partial charge on any atom is 0.243 e. The van der Waals surface area contributed by atoms with Gasteiger partial charge in [0.15, 0.2) is 0 Å². The average Bonchev–Trinajstić information content (AvgIpc) is 2.85. The summed E-state index contributed by atoms with van der Waals surface area (Å²) in [6.07, 6.45) is 2.21. The topological polar surface area (TPSA) is 49.4 Å². The smallest absolute Gasteiger partial charge is 0.243 e. The molecule has 0 aliphatic heterocycles. The van der Waals surface area contributed by atoms with Crippen molar-refractivity contribution in [2.24, 2.45) is 0 Å². The molecule has 0 bridgehead atoms. The fraction of sp³-hybridized carbons (Fsp3) is 0.310. The van der Waals surface area contributed by atoms with E-state index >= 15 is 0 Å². The predicted molar refractivity (Wildman–Crippen MR) is 139 cm³/mol. The van der Waals surface area contributed by atoms with Crippen molar-refractivity contribution in [2.45, 2.75) is 58.2 Å². The Morgan fingerprint density at radius 2 is 1.50 bits per heavy atom. The molecule has 34 heavy (non-hydrogen) atoms. The van der Waals surface area contributed by atoms with Crippen LogP contribution in [-0.2, 0) is 29.0 Å². The first kappa shape index (κ1) is 25.5. The van der Waals surface area contributed by atoms with E-state index in [1.807, 2.05) is 98.8 Å². The van der Waals surface area contributed by atoms with Gasteiger partial charge in [-0.15, -0.1) is 0 Å². The minimum atomic E-state index is -0.626. The van der Waals surface area contributed by atoms with E-state index in [1.165, 1.54) is 0 Å². The van der Waals surface area contributed by atoms with Crippen LogP contribution >= 0.6 is 11.6 Å². The molecule has 0 radical (unpaired) electrons. The second kappa shape index (κ2) is 13.0. The van der Waals surface area contributed by atoms with E-state index in [0.717, 1.165) is 23.1 Å². The second-order valence-electron chi connectivity index (χ2n) is 8.66. The zero-order chi connectivity index (χ0) is 24.3. The summed E-state index contributed by atoms with van der Waals surface area (Å²) in [4.78, 5) is 28.8. The maximum atomic E-state index is 13.6. The molecule has 4 nitrogen and oxygen atoms in total. The molecule has 0 saturated carbocycles. The lowest BCUT2D eigenvalue weighted by molar-refractivity contribution is -0.141. The summed E-state index contributed by atoms with van der Waals surface area (Å²) in [5.74, 6) is -0.183. The Bertz CT molecular complexity index is 1060. The number of rotatable bonds is 11. The van der Waals surface area contributed by atoms with Crippen molar-refractivity contribution in [2.75, 3.05) is 0 Å². The molecule has 0 fully saturated rings. The van der Waals surface area contributed by atoms with Gasteiger partial charge in [0.2, 0.25) is 11.8 Å². The number of nitrogens with one attached hydrogen (secondary N) is 1. The van der Waals surface area contributed by atoms with Gasteiger partial charge in [0.25, 0.3) is 0 Å². The summed E-state index contributed by atoms with van der Waals surface area (Å²) in [7, 11) is 0. The van der Waals surface area contributed by atoms with Crippen molar-refractivity contribution in [3.63, 3.8) is 0 Å². The Balaban J connectivity index is 1.91. The van der Waals surface area contributed by atoms with Crippen molar-refractivity contribution in [3.05, 3.63) is 107 Å². The van der Waals surface area contributed by atoms with E-state index in [-0.39, 0.29) is 17.9 Å². The van der Waals surface area contributed by atoms with Gasteiger partial charge in [-0.3, -0.25) is 9.59 Å². The van der Waals surface area contributed by atoms with Gasteiger partial charge in [-0.2, -0.15) is 0 Å². The quantitative estimate of drug-likeness (QED) is 0.378. The molecular weight excluding hydrogens is 444 g/mol. The van der Waals surface area contributed by atoms with E-state index in [2.05, 4.69) is 5.32 Å². The standard InChI is InChI=1S/C29H33ClN2O2/c1-3-22(2)31-29(34)27(20-24-13-8-5-9-14-24)32(21-25-15-10-16-26(30)19-25)28(33)18-17-23-11-6-4-7-12-23/h4-16,19,22,27H,3,17-18,20-21H2,1-2H3,(H,31,34)/t22-,27-/m1/s1. The molecule has 3 rings (SSSR count). The van der Waals surface area contributed by atoms with Crippen molar-refractivity contribution < 1.29 is 9.59 Å². The molecule has 0 spiro atoms. The Kier molecular flexibility index (Phi) is 9.72. The molecule has 0 unspecified atom stereocenters. The van der Waals surface area contributed by atoms with Gasteiger partial charge in [-0.25, -0.2) is 0 Å². The molecule has 178 valence electrons. The highest BCUT2D eigenvalue weighted by molar-refractivity contribution is 6.30. The zero-order valence-corrected chi connectivity index (χ0v) is 20.7. The summed E-state index contributed by atoms with van der Waals surface area (Å²) >= 11 is 6.23. The number of benzene rings is 3. The van der Waals surface area contributed by atoms with Gasteiger partial charge >= 0.3 is 0 Å². The lowest BCUT2D eigenvalue weighted by Crippen LogP contribution is -2.52. The van der Waals surface area contributed by atoms with Gasteiger partial charge < -0.3 is 10.2 Å². The van der Waals surface area contributed by atoms with Crippen LogP contribution in [0.25, 0.3) is 0 Å². The first-order valence-electron chi connectivity index (χ1n) is 11.9. The molecular formula is C29H33ClN2O2. The van der Waals surface area contributed by atoms with Crippen LogP contribution in [0.3, 0.4) is 0 Å². The highest BCUT2D eigenvalue weighted by Crippen LogP contribution is 2.19. The fourth-order valence-electron chi connectivity index (χ4n) is 3.87. The third kappa shape index (κ3) is 7.74. The fourth-order valence-corrected chi connectivity index (χ4v) is 4.08. The van der Waals surface area contributed by atoms with Gasteiger partial charge in [-0.1, -0.05) is 91.3 Å². The van der Waals surface area contributed by atoms with Crippen LogP contribution in [0.5, 0.6) is 0 Å². The van der Waals surface area contributed by atoms with Gasteiger partial charge in [0.05, 0.1) is 0 Å². The number of nitrogens with zero attached hydrogens (tertiary/aromatic N) is 1. The molecule has 3 aromatic carbocycles. The molecule has 2 atom stereocenters. The number of aryl methyl sites for hydroxylation is 1. The van der Waals surface area contributed by atoms with Gasteiger partial charge in [0.1, 0.15) is 6.04 Å².